The fraction of sp³-hybridized carbons (Fsp3) is 0.647. The van der Waals surface area contributed by atoms with Crippen molar-refractivity contribution in [2.24, 2.45) is 0 Å². The molecule has 0 aliphatic carbocycles. The first kappa shape index (κ1) is 16.0. The lowest BCUT2D eigenvalue weighted by molar-refractivity contribution is -0.106. The standard InChI is InChI=1S/C17H26O4/c1-12(2)19-15-9-8-14(11-16(15)20-13(3)4)21-17-7-5-6-10-18-17/h8-9,11-13,17H,5-7,10H2,1-4H3. The zero-order chi connectivity index (χ0) is 15.2. The van der Waals surface area contributed by atoms with Gasteiger partial charge in [0.05, 0.1) is 18.8 Å². The fourth-order valence-corrected chi connectivity index (χ4v) is 2.21. The normalized spacial score (nSPS) is 18.9. The number of hydrogen-bond donors (Lipinski definition) is 0. The molecule has 1 atom stereocenters. The third-order valence-electron chi connectivity index (χ3n) is 3.05. The average Bonchev–Trinajstić information content (AvgIpc) is 2.42. The smallest absolute Gasteiger partial charge is 0.199 e. The molecular weight excluding hydrogens is 268 g/mol. The van der Waals surface area contributed by atoms with E-state index < -0.39 is 0 Å². The summed E-state index contributed by atoms with van der Waals surface area (Å²) in [5.41, 5.74) is 0. The third kappa shape index (κ3) is 5.12. The van der Waals surface area contributed by atoms with Gasteiger partial charge in [-0.15, -0.1) is 0 Å². The van der Waals surface area contributed by atoms with Gasteiger partial charge in [0, 0.05) is 12.5 Å². The Kier molecular flexibility index (Phi) is 5.74. The molecule has 1 heterocycles. The molecule has 0 spiro atoms. The molecule has 1 fully saturated rings. The van der Waals surface area contributed by atoms with Gasteiger partial charge < -0.3 is 18.9 Å². The topological polar surface area (TPSA) is 36.9 Å². The molecule has 0 saturated carbocycles. The number of rotatable bonds is 6. The maximum Gasteiger partial charge on any atom is 0.199 e. The van der Waals surface area contributed by atoms with Crippen LogP contribution in [0.3, 0.4) is 0 Å². The van der Waals surface area contributed by atoms with E-state index in [-0.39, 0.29) is 18.5 Å². The molecule has 1 aliphatic heterocycles. The monoisotopic (exact) mass is 294 g/mol. The molecule has 21 heavy (non-hydrogen) atoms. The van der Waals surface area contributed by atoms with Crippen LogP contribution in [0, 0.1) is 0 Å². The van der Waals surface area contributed by atoms with Gasteiger partial charge in [-0.1, -0.05) is 0 Å². The van der Waals surface area contributed by atoms with Crippen LogP contribution in [0.15, 0.2) is 18.2 Å². The van der Waals surface area contributed by atoms with Crippen molar-refractivity contribution in [2.45, 2.75) is 65.5 Å². The molecule has 4 heteroatoms. The van der Waals surface area contributed by atoms with Crippen LogP contribution in [0.1, 0.15) is 47.0 Å². The summed E-state index contributed by atoms with van der Waals surface area (Å²) in [5, 5.41) is 0. The van der Waals surface area contributed by atoms with E-state index in [1.54, 1.807) is 0 Å². The summed E-state index contributed by atoms with van der Waals surface area (Å²) < 4.78 is 23.1. The highest BCUT2D eigenvalue weighted by Gasteiger charge is 2.17. The molecular formula is C17H26O4. The van der Waals surface area contributed by atoms with Crippen LogP contribution < -0.4 is 14.2 Å². The summed E-state index contributed by atoms with van der Waals surface area (Å²) in [6.45, 7) is 8.77. The van der Waals surface area contributed by atoms with Crippen molar-refractivity contribution in [3.05, 3.63) is 18.2 Å². The SMILES string of the molecule is CC(C)Oc1ccc(OC2CCCCO2)cc1OC(C)C. The summed E-state index contributed by atoms with van der Waals surface area (Å²) in [6.07, 6.45) is 3.23. The maximum absolute atomic E-state index is 5.88. The molecule has 1 saturated heterocycles. The minimum atomic E-state index is -0.150. The van der Waals surface area contributed by atoms with Gasteiger partial charge in [-0.2, -0.15) is 0 Å². The minimum absolute atomic E-state index is 0.0840. The third-order valence-corrected chi connectivity index (χ3v) is 3.05. The molecule has 1 unspecified atom stereocenters. The van der Waals surface area contributed by atoms with Crippen LogP contribution >= 0.6 is 0 Å². The Hall–Kier alpha value is -1.42. The van der Waals surface area contributed by atoms with Crippen LogP contribution in [0.2, 0.25) is 0 Å². The Balaban J connectivity index is 2.11. The van der Waals surface area contributed by atoms with Crippen molar-refractivity contribution in [2.75, 3.05) is 6.61 Å². The van der Waals surface area contributed by atoms with E-state index in [0.717, 1.165) is 37.4 Å². The van der Waals surface area contributed by atoms with Crippen molar-refractivity contribution in [3.63, 3.8) is 0 Å². The largest absolute Gasteiger partial charge is 0.487 e. The Morgan fingerprint density at radius 2 is 1.71 bits per heavy atom. The van der Waals surface area contributed by atoms with Gasteiger partial charge in [-0.05, 0) is 52.7 Å². The summed E-state index contributed by atoms with van der Waals surface area (Å²) in [4.78, 5) is 0. The van der Waals surface area contributed by atoms with Crippen LogP contribution in [0.25, 0.3) is 0 Å². The van der Waals surface area contributed by atoms with Gasteiger partial charge in [0.25, 0.3) is 0 Å². The molecule has 4 nitrogen and oxygen atoms in total. The lowest BCUT2D eigenvalue weighted by Gasteiger charge is -2.24. The molecule has 0 radical (unpaired) electrons. The van der Waals surface area contributed by atoms with Gasteiger partial charge in [-0.3, -0.25) is 0 Å². The molecule has 0 aromatic heterocycles. The van der Waals surface area contributed by atoms with Crippen molar-refractivity contribution in [1.29, 1.82) is 0 Å². The van der Waals surface area contributed by atoms with Crippen molar-refractivity contribution < 1.29 is 18.9 Å². The number of benzene rings is 1. The van der Waals surface area contributed by atoms with Crippen molar-refractivity contribution >= 4 is 0 Å². The van der Waals surface area contributed by atoms with E-state index in [4.69, 9.17) is 18.9 Å². The molecule has 1 aromatic rings. The first-order valence-electron chi connectivity index (χ1n) is 7.80. The van der Waals surface area contributed by atoms with Gasteiger partial charge in [0.2, 0.25) is 0 Å². The fourth-order valence-electron chi connectivity index (χ4n) is 2.21. The Bertz CT molecular complexity index is 436. The van der Waals surface area contributed by atoms with Crippen LogP contribution in [0.5, 0.6) is 17.2 Å². The highest BCUT2D eigenvalue weighted by molar-refractivity contribution is 5.45. The Labute approximate surface area is 127 Å². The van der Waals surface area contributed by atoms with E-state index in [2.05, 4.69) is 0 Å². The molecule has 0 bridgehead atoms. The quantitative estimate of drug-likeness (QED) is 0.789. The van der Waals surface area contributed by atoms with Gasteiger partial charge in [0.1, 0.15) is 5.75 Å². The lowest BCUT2D eigenvalue weighted by atomic mass is 10.2. The van der Waals surface area contributed by atoms with Gasteiger partial charge >= 0.3 is 0 Å². The Morgan fingerprint density at radius 3 is 2.33 bits per heavy atom. The van der Waals surface area contributed by atoms with Crippen molar-refractivity contribution in [3.8, 4) is 17.2 Å². The molecule has 0 amide bonds. The predicted molar refractivity (Wildman–Crippen MR) is 82.2 cm³/mol. The predicted octanol–water partition coefficient (Wildman–Crippen LogP) is 4.17. The maximum atomic E-state index is 5.88. The van der Waals surface area contributed by atoms with E-state index in [1.807, 2.05) is 45.9 Å². The van der Waals surface area contributed by atoms with Crippen LogP contribution in [-0.2, 0) is 4.74 Å². The summed E-state index contributed by atoms with van der Waals surface area (Å²) in [7, 11) is 0. The summed E-state index contributed by atoms with van der Waals surface area (Å²) in [5.74, 6) is 2.22. The molecule has 0 N–H and O–H groups in total. The molecule has 2 rings (SSSR count). The zero-order valence-corrected chi connectivity index (χ0v) is 13.4. The number of hydrogen-bond acceptors (Lipinski definition) is 4. The second-order valence-corrected chi connectivity index (χ2v) is 5.86. The van der Waals surface area contributed by atoms with E-state index in [0.29, 0.717) is 5.75 Å². The van der Waals surface area contributed by atoms with E-state index >= 15 is 0 Å². The summed E-state index contributed by atoms with van der Waals surface area (Å²) >= 11 is 0. The van der Waals surface area contributed by atoms with E-state index in [1.165, 1.54) is 0 Å². The molecule has 1 aromatic carbocycles. The highest BCUT2D eigenvalue weighted by atomic mass is 16.7. The van der Waals surface area contributed by atoms with Crippen LogP contribution in [0.4, 0.5) is 0 Å². The first-order valence-corrected chi connectivity index (χ1v) is 7.80. The molecule has 1 aliphatic rings. The molecule has 118 valence electrons. The van der Waals surface area contributed by atoms with Gasteiger partial charge in [0.15, 0.2) is 17.8 Å². The highest BCUT2D eigenvalue weighted by Crippen LogP contribution is 2.34. The average molecular weight is 294 g/mol. The van der Waals surface area contributed by atoms with Crippen molar-refractivity contribution in [1.82, 2.24) is 0 Å². The second-order valence-electron chi connectivity index (χ2n) is 5.86. The van der Waals surface area contributed by atoms with E-state index in [9.17, 15) is 0 Å². The first-order chi connectivity index (χ1) is 10.0. The summed E-state index contributed by atoms with van der Waals surface area (Å²) in [6, 6.07) is 5.69. The van der Waals surface area contributed by atoms with Crippen LogP contribution in [-0.4, -0.2) is 25.1 Å². The number of ether oxygens (including phenoxy) is 4. The minimum Gasteiger partial charge on any atom is -0.487 e. The zero-order valence-electron chi connectivity index (χ0n) is 13.4. The van der Waals surface area contributed by atoms with Gasteiger partial charge in [-0.25, -0.2) is 0 Å². The lowest BCUT2D eigenvalue weighted by Crippen LogP contribution is -2.25. The second kappa shape index (κ2) is 7.55. The Morgan fingerprint density at radius 1 is 1.00 bits per heavy atom.